The van der Waals surface area contributed by atoms with Crippen molar-refractivity contribution >= 4 is 27.9 Å². The van der Waals surface area contributed by atoms with Crippen LogP contribution in [0.2, 0.25) is 0 Å². The fourth-order valence-corrected chi connectivity index (χ4v) is 6.29. The van der Waals surface area contributed by atoms with E-state index in [1.165, 1.54) is 18.0 Å². The molecule has 1 saturated heterocycles. The highest BCUT2D eigenvalue weighted by atomic mass is 16.3. The number of rotatable bonds is 4. The SMILES string of the molecule is C=CC(=O)N1CC2(CC(c3nc(-c4ccc5ocnc5c4)c(-c4c(C)ccc5[nH]ncc45)n3C)C2)C1. The summed E-state index contributed by atoms with van der Waals surface area (Å²) in [5.74, 6) is 1.46. The Hall–Kier alpha value is -4.20. The number of nitrogens with zero attached hydrogens (tertiary/aromatic N) is 5. The first-order chi connectivity index (χ1) is 17.5. The number of aromatic amines is 1. The molecule has 0 bridgehead atoms. The van der Waals surface area contributed by atoms with Gasteiger partial charge in [0.15, 0.2) is 12.0 Å². The molecule has 1 saturated carbocycles. The van der Waals surface area contributed by atoms with Crippen LogP contribution in [-0.2, 0) is 11.8 Å². The van der Waals surface area contributed by atoms with Gasteiger partial charge in [-0.1, -0.05) is 12.6 Å². The Morgan fingerprint density at radius 1 is 1.25 bits per heavy atom. The number of oxazole rings is 1. The molecule has 1 aliphatic carbocycles. The maximum absolute atomic E-state index is 12.0. The van der Waals surface area contributed by atoms with E-state index in [0.29, 0.717) is 5.92 Å². The summed E-state index contributed by atoms with van der Waals surface area (Å²) in [6.45, 7) is 7.38. The van der Waals surface area contributed by atoms with Gasteiger partial charge in [0.25, 0.3) is 0 Å². The molecular formula is C28H26N6O2. The highest BCUT2D eigenvalue weighted by Gasteiger charge is 2.54. The van der Waals surface area contributed by atoms with E-state index in [2.05, 4.69) is 58.5 Å². The molecule has 2 aromatic carbocycles. The van der Waals surface area contributed by atoms with Gasteiger partial charge in [-0.2, -0.15) is 5.10 Å². The number of carbonyl (C=O) groups excluding carboxylic acids is 1. The number of aromatic nitrogens is 5. The van der Waals surface area contributed by atoms with E-state index >= 15 is 0 Å². The number of hydrogen-bond acceptors (Lipinski definition) is 5. The van der Waals surface area contributed by atoms with E-state index in [0.717, 1.165) is 76.3 Å². The molecule has 3 aromatic heterocycles. The summed E-state index contributed by atoms with van der Waals surface area (Å²) in [4.78, 5) is 23.5. The fraction of sp³-hybridized carbons (Fsp3) is 0.286. The van der Waals surface area contributed by atoms with Crippen LogP contribution in [-0.4, -0.2) is 48.6 Å². The van der Waals surface area contributed by atoms with E-state index in [1.807, 2.05) is 23.2 Å². The number of aryl methyl sites for hydroxylation is 1. The van der Waals surface area contributed by atoms with Gasteiger partial charge in [0.1, 0.15) is 11.3 Å². The van der Waals surface area contributed by atoms with Gasteiger partial charge in [0.05, 0.1) is 23.1 Å². The zero-order chi connectivity index (χ0) is 24.6. The van der Waals surface area contributed by atoms with Crippen molar-refractivity contribution < 1.29 is 9.21 Å². The van der Waals surface area contributed by atoms with Crippen molar-refractivity contribution in [1.82, 2.24) is 29.6 Å². The fourth-order valence-electron chi connectivity index (χ4n) is 6.29. The molecule has 180 valence electrons. The molecule has 1 amide bonds. The van der Waals surface area contributed by atoms with Gasteiger partial charge in [-0.15, -0.1) is 0 Å². The van der Waals surface area contributed by atoms with Crippen molar-refractivity contribution in [3.8, 4) is 22.5 Å². The van der Waals surface area contributed by atoms with E-state index < -0.39 is 0 Å². The third-order valence-corrected chi connectivity index (χ3v) is 8.07. The van der Waals surface area contributed by atoms with Crippen LogP contribution in [0.4, 0.5) is 0 Å². The summed E-state index contributed by atoms with van der Waals surface area (Å²) < 4.78 is 7.74. The molecule has 0 atom stereocenters. The van der Waals surface area contributed by atoms with Crippen LogP contribution < -0.4 is 0 Å². The van der Waals surface area contributed by atoms with Crippen molar-refractivity contribution in [2.45, 2.75) is 25.7 Å². The van der Waals surface area contributed by atoms with E-state index in [-0.39, 0.29) is 11.3 Å². The average Bonchev–Trinajstić information content (AvgIpc) is 3.56. The van der Waals surface area contributed by atoms with Crippen molar-refractivity contribution in [2.24, 2.45) is 12.5 Å². The Balaban J connectivity index is 1.34. The van der Waals surface area contributed by atoms with Crippen LogP contribution >= 0.6 is 0 Å². The number of benzene rings is 2. The predicted octanol–water partition coefficient (Wildman–Crippen LogP) is 4.97. The second-order valence-electron chi connectivity index (χ2n) is 10.4. The lowest BCUT2D eigenvalue weighted by Crippen LogP contribution is -2.63. The molecule has 2 fully saturated rings. The number of likely N-dealkylation sites (tertiary alicyclic amines) is 1. The number of nitrogens with one attached hydrogen (secondary N) is 1. The topological polar surface area (TPSA) is 92.8 Å². The molecule has 1 spiro atoms. The minimum Gasteiger partial charge on any atom is -0.443 e. The number of fused-ring (bicyclic) bond motifs is 2. The third kappa shape index (κ3) is 2.93. The van der Waals surface area contributed by atoms with Crippen molar-refractivity contribution in [2.75, 3.05) is 13.1 Å². The highest BCUT2D eigenvalue weighted by molar-refractivity contribution is 5.99. The van der Waals surface area contributed by atoms with Gasteiger partial charge in [-0.25, -0.2) is 9.97 Å². The molecule has 36 heavy (non-hydrogen) atoms. The van der Waals surface area contributed by atoms with Crippen LogP contribution in [0.1, 0.15) is 30.1 Å². The summed E-state index contributed by atoms with van der Waals surface area (Å²) in [7, 11) is 2.12. The minimum absolute atomic E-state index is 0.0255. The Bertz CT molecular complexity index is 1670. The normalized spacial score (nSPS) is 17.0. The number of imidazole rings is 1. The second kappa shape index (κ2) is 7.40. The zero-order valence-electron chi connectivity index (χ0n) is 20.3. The molecule has 8 heteroatoms. The van der Waals surface area contributed by atoms with Gasteiger partial charge < -0.3 is 13.9 Å². The van der Waals surface area contributed by atoms with E-state index in [1.54, 1.807) is 0 Å². The highest BCUT2D eigenvalue weighted by Crippen LogP contribution is 2.56. The zero-order valence-corrected chi connectivity index (χ0v) is 20.3. The Morgan fingerprint density at radius 3 is 2.89 bits per heavy atom. The first-order valence-electron chi connectivity index (χ1n) is 12.2. The summed E-state index contributed by atoms with van der Waals surface area (Å²) in [5, 5.41) is 8.50. The van der Waals surface area contributed by atoms with Gasteiger partial charge in [0.2, 0.25) is 5.91 Å². The Labute approximate surface area is 207 Å². The minimum atomic E-state index is 0.0255. The lowest BCUT2D eigenvalue weighted by Gasteiger charge is -2.58. The molecule has 2 aliphatic rings. The molecular weight excluding hydrogens is 452 g/mol. The molecule has 0 unspecified atom stereocenters. The number of amides is 1. The third-order valence-electron chi connectivity index (χ3n) is 8.07. The lowest BCUT2D eigenvalue weighted by molar-refractivity contribution is -0.146. The second-order valence-corrected chi connectivity index (χ2v) is 10.4. The number of carbonyl (C=O) groups is 1. The van der Waals surface area contributed by atoms with E-state index in [4.69, 9.17) is 9.40 Å². The lowest BCUT2D eigenvalue weighted by atomic mass is 9.57. The Kier molecular flexibility index (Phi) is 4.34. The first kappa shape index (κ1) is 21.1. The van der Waals surface area contributed by atoms with Crippen LogP contribution in [0.15, 0.2) is 60.0 Å². The van der Waals surface area contributed by atoms with Gasteiger partial charge in [-0.3, -0.25) is 9.89 Å². The molecule has 5 aromatic rings. The van der Waals surface area contributed by atoms with Crippen LogP contribution in [0.25, 0.3) is 44.5 Å². The summed E-state index contributed by atoms with van der Waals surface area (Å²) in [6.07, 6.45) is 6.85. The van der Waals surface area contributed by atoms with Crippen LogP contribution in [0.3, 0.4) is 0 Å². The average molecular weight is 479 g/mol. The quantitative estimate of drug-likeness (QED) is 0.368. The molecule has 1 aliphatic heterocycles. The van der Waals surface area contributed by atoms with Gasteiger partial charge >= 0.3 is 0 Å². The first-order valence-corrected chi connectivity index (χ1v) is 12.2. The smallest absolute Gasteiger partial charge is 0.245 e. The van der Waals surface area contributed by atoms with Crippen molar-refractivity contribution in [3.63, 3.8) is 0 Å². The molecule has 0 radical (unpaired) electrons. The number of H-pyrrole nitrogens is 1. The van der Waals surface area contributed by atoms with Crippen molar-refractivity contribution in [1.29, 1.82) is 0 Å². The van der Waals surface area contributed by atoms with Crippen LogP contribution in [0, 0.1) is 12.3 Å². The largest absolute Gasteiger partial charge is 0.443 e. The maximum Gasteiger partial charge on any atom is 0.245 e. The van der Waals surface area contributed by atoms with E-state index in [9.17, 15) is 4.79 Å². The predicted molar refractivity (Wildman–Crippen MR) is 137 cm³/mol. The number of hydrogen-bond donors (Lipinski definition) is 1. The Morgan fingerprint density at radius 2 is 2.08 bits per heavy atom. The maximum atomic E-state index is 12.0. The summed E-state index contributed by atoms with van der Waals surface area (Å²) >= 11 is 0. The summed E-state index contributed by atoms with van der Waals surface area (Å²) in [5.41, 5.74) is 8.12. The van der Waals surface area contributed by atoms with Gasteiger partial charge in [0, 0.05) is 48.0 Å². The molecule has 4 heterocycles. The van der Waals surface area contributed by atoms with Crippen molar-refractivity contribution in [3.05, 3.63) is 67.0 Å². The van der Waals surface area contributed by atoms with Gasteiger partial charge in [-0.05, 0) is 55.7 Å². The summed E-state index contributed by atoms with van der Waals surface area (Å²) in [6, 6.07) is 10.3. The standard InChI is InChI=1S/C28H26N6O2/c1-4-23(35)34-13-28(14-34)10-18(11-28)27-31-25(17-6-8-22-21(9-17)29-15-36-22)26(33(27)3)24-16(2)5-7-20-19(24)12-30-32-20/h4-9,12,15,18H,1,10-11,13-14H2,2-3H3,(H,30,32). The molecule has 7 rings (SSSR count). The molecule has 8 nitrogen and oxygen atoms in total. The molecule has 1 N–H and O–H groups in total. The monoisotopic (exact) mass is 478 g/mol. The van der Waals surface area contributed by atoms with Crippen LogP contribution in [0.5, 0.6) is 0 Å².